The Kier molecular flexibility index (Phi) is 4.69. The van der Waals surface area contributed by atoms with Crippen LogP contribution < -0.4 is 5.32 Å². The lowest BCUT2D eigenvalue weighted by molar-refractivity contribution is 0.183. The van der Waals surface area contributed by atoms with Crippen molar-refractivity contribution in [3.05, 3.63) is 23.0 Å². The fourth-order valence-corrected chi connectivity index (χ4v) is 3.42. The van der Waals surface area contributed by atoms with E-state index in [1.807, 2.05) is 0 Å². The molecule has 1 saturated heterocycles. The summed E-state index contributed by atoms with van der Waals surface area (Å²) in [4.78, 5) is 2.61. The van der Waals surface area contributed by atoms with Gasteiger partial charge in [-0.05, 0) is 52.7 Å². The molecule has 0 aliphatic carbocycles. The van der Waals surface area contributed by atoms with Crippen molar-refractivity contribution in [1.82, 2.24) is 14.8 Å². The smallest absolute Gasteiger partial charge is 0.0279 e. The number of hydrogen-bond acceptors (Lipinski definition) is 2. The van der Waals surface area contributed by atoms with Gasteiger partial charge in [0.1, 0.15) is 0 Å². The van der Waals surface area contributed by atoms with E-state index in [0.29, 0.717) is 12.1 Å². The topological polar surface area (TPSA) is 20.2 Å². The molecular formula is C16H29N3. The third-order valence-electron chi connectivity index (χ3n) is 4.40. The monoisotopic (exact) mass is 263 g/mol. The molecule has 1 N–H and O–H groups in total. The highest BCUT2D eigenvalue weighted by atomic mass is 15.2. The second-order valence-electron chi connectivity index (χ2n) is 6.20. The third kappa shape index (κ3) is 3.21. The van der Waals surface area contributed by atoms with E-state index in [1.54, 1.807) is 0 Å². The van der Waals surface area contributed by atoms with Crippen molar-refractivity contribution in [2.75, 3.05) is 26.2 Å². The molecule has 0 saturated carbocycles. The molecule has 0 bridgehead atoms. The highest BCUT2D eigenvalue weighted by Gasteiger charge is 2.19. The van der Waals surface area contributed by atoms with Crippen molar-refractivity contribution in [2.45, 2.75) is 53.1 Å². The summed E-state index contributed by atoms with van der Waals surface area (Å²) in [5.74, 6) is 0. The first-order valence-corrected chi connectivity index (χ1v) is 7.62. The molecule has 1 fully saturated rings. The van der Waals surface area contributed by atoms with Crippen LogP contribution in [0.2, 0.25) is 0 Å². The summed E-state index contributed by atoms with van der Waals surface area (Å²) in [7, 11) is 0. The predicted molar refractivity (Wildman–Crippen MR) is 81.9 cm³/mol. The van der Waals surface area contributed by atoms with Crippen LogP contribution in [-0.2, 0) is 6.42 Å². The second-order valence-corrected chi connectivity index (χ2v) is 6.20. The van der Waals surface area contributed by atoms with Crippen molar-refractivity contribution in [3.63, 3.8) is 0 Å². The van der Waals surface area contributed by atoms with Crippen molar-refractivity contribution in [1.29, 1.82) is 0 Å². The number of aryl methyl sites for hydroxylation is 1. The fourth-order valence-electron chi connectivity index (χ4n) is 3.42. The molecule has 2 rings (SSSR count). The van der Waals surface area contributed by atoms with E-state index in [-0.39, 0.29) is 0 Å². The SMILES string of the molecule is Cc1cc(CC(C)N2CCNCC2)c(C)n1C(C)C. The van der Waals surface area contributed by atoms with Crippen LogP contribution in [0.25, 0.3) is 0 Å². The van der Waals surface area contributed by atoms with E-state index >= 15 is 0 Å². The van der Waals surface area contributed by atoms with Crippen molar-refractivity contribution >= 4 is 0 Å². The minimum atomic E-state index is 0.559. The molecule has 0 aromatic carbocycles. The number of nitrogens with one attached hydrogen (secondary N) is 1. The summed E-state index contributed by atoms with van der Waals surface area (Å²) in [6, 6.07) is 3.58. The van der Waals surface area contributed by atoms with Gasteiger partial charge in [0.05, 0.1) is 0 Å². The van der Waals surface area contributed by atoms with Gasteiger partial charge in [0.25, 0.3) is 0 Å². The van der Waals surface area contributed by atoms with Gasteiger partial charge in [0.15, 0.2) is 0 Å². The van der Waals surface area contributed by atoms with Crippen molar-refractivity contribution < 1.29 is 0 Å². The molecule has 108 valence electrons. The molecule has 1 aliphatic rings. The Balaban J connectivity index is 2.08. The molecule has 1 unspecified atom stereocenters. The zero-order valence-corrected chi connectivity index (χ0v) is 13.2. The van der Waals surface area contributed by atoms with Gasteiger partial charge in [-0.15, -0.1) is 0 Å². The maximum Gasteiger partial charge on any atom is 0.0279 e. The molecule has 1 aromatic rings. The summed E-state index contributed by atoms with van der Waals surface area (Å²) in [6.45, 7) is 16.0. The average molecular weight is 263 g/mol. The summed E-state index contributed by atoms with van der Waals surface area (Å²) in [6.07, 6.45) is 1.17. The molecule has 1 aromatic heterocycles. The van der Waals surface area contributed by atoms with Crippen LogP contribution in [0, 0.1) is 13.8 Å². The molecule has 1 atom stereocenters. The summed E-state index contributed by atoms with van der Waals surface area (Å²) < 4.78 is 2.46. The highest BCUT2D eigenvalue weighted by Crippen LogP contribution is 2.22. The number of hydrogen-bond donors (Lipinski definition) is 1. The minimum absolute atomic E-state index is 0.559. The van der Waals surface area contributed by atoms with Gasteiger partial charge in [0, 0.05) is 49.7 Å². The van der Waals surface area contributed by atoms with Gasteiger partial charge in [-0.1, -0.05) is 0 Å². The maximum atomic E-state index is 3.43. The maximum absolute atomic E-state index is 3.43. The number of rotatable bonds is 4. The van der Waals surface area contributed by atoms with Crippen LogP contribution in [0.15, 0.2) is 6.07 Å². The molecule has 19 heavy (non-hydrogen) atoms. The van der Waals surface area contributed by atoms with Gasteiger partial charge in [-0.25, -0.2) is 0 Å². The molecular weight excluding hydrogens is 234 g/mol. The van der Waals surface area contributed by atoms with Gasteiger partial charge in [-0.2, -0.15) is 0 Å². The Bertz CT molecular complexity index is 414. The molecule has 3 heteroatoms. The first-order chi connectivity index (χ1) is 9.00. The minimum Gasteiger partial charge on any atom is -0.346 e. The first-order valence-electron chi connectivity index (χ1n) is 7.62. The number of aromatic nitrogens is 1. The molecule has 3 nitrogen and oxygen atoms in total. The first kappa shape index (κ1) is 14.6. The van der Waals surface area contributed by atoms with Crippen molar-refractivity contribution in [3.8, 4) is 0 Å². The third-order valence-corrected chi connectivity index (χ3v) is 4.40. The lowest BCUT2D eigenvalue weighted by Crippen LogP contribution is -2.48. The standard InChI is InChI=1S/C16H29N3/c1-12(2)19-14(4)11-16(15(19)5)10-13(3)18-8-6-17-7-9-18/h11-13,17H,6-10H2,1-5H3. The zero-order valence-electron chi connectivity index (χ0n) is 13.2. The van der Waals surface area contributed by atoms with Crippen LogP contribution in [0.3, 0.4) is 0 Å². The second kappa shape index (κ2) is 6.10. The summed E-state index contributed by atoms with van der Waals surface area (Å²) in [5, 5.41) is 3.43. The van der Waals surface area contributed by atoms with Crippen LogP contribution in [0.4, 0.5) is 0 Å². The summed E-state index contributed by atoms with van der Waals surface area (Å²) >= 11 is 0. The normalized spacial score (nSPS) is 19.1. The van der Waals surface area contributed by atoms with Crippen molar-refractivity contribution in [2.24, 2.45) is 0 Å². The Morgan fingerprint density at radius 1 is 1.16 bits per heavy atom. The largest absolute Gasteiger partial charge is 0.346 e. The van der Waals surface area contributed by atoms with Gasteiger partial charge in [0.2, 0.25) is 0 Å². The Hall–Kier alpha value is -0.800. The van der Waals surface area contributed by atoms with E-state index in [9.17, 15) is 0 Å². The van der Waals surface area contributed by atoms with Gasteiger partial charge < -0.3 is 9.88 Å². The van der Waals surface area contributed by atoms with E-state index in [1.165, 1.54) is 36.5 Å². The van der Waals surface area contributed by atoms with Crippen LogP contribution in [0.5, 0.6) is 0 Å². The zero-order chi connectivity index (χ0) is 14.0. The Morgan fingerprint density at radius 3 is 2.32 bits per heavy atom. The van der Waals surface area contributed by atoms with E-state index in [0.717, 1.165) is 13.1 Å². The fraction of sp³-hybridized carbons (Fsp3) is 0.750. The number of nitrogens with zero attached hydrogens (tertiary/aromatic N) is 2. The highest BCUT2D eigenvalue weighted by molar-refractivity contribution is 5.28. The quantitative estimate of drug-likeness (QED) is 0.901. The summed E-state index contributed by atoms with van der Waals surface area (Å²) in [5.41, 5.74) is 4.38. The Labute approximate surface area is 118 Å². The molecule has 0 radical (unpaired) electrons. The predicted octanol–water partition coefficient (Wildman–Crippen LogP) is 2.52. The van der Waals surface area contributed by atoms with Gasteiger partial charge in [-0.3, -0.25) is 4.90 Å². The lowest BCUT2D eigenvalue weighted by Gasteiger charge is -2.32. The number of piperazine rings is 1. The van der Waals surface area contributed by atoms with Crippen LogP contribution in [-0.4, -0.2) is 41.7 Å². The van der Waals surface area contributed by atoms with E-state index in [2.05, 4.69) is 55.5 Å². The van der Waals surface area contributed by atoms with Gasteiger partial charge >= 0.3 is 0 Å². The average Bonchev–Trinajstić information content (AvgIpc) is 2.65. The van der Waals surface area contributed by atoms with Crippen LogP contribution in [0.1, 0.15) is 43.8 Å². The Morgan fingerprint density at radius 2 is 1.79 bits per heavy atom. The molecule has 1 aliphatic heterocycles. The molecule has 2 heterocycles. The van der Waals surface area contributed by atoms with E-state index < -0.39 is 0 Å². The van der Waals surface area contributed by atoms with E-state index in [4.69, 9.17) is 0 Å². The van der Waals surface area contributed by atoms with Crippen LogP contribution >= 0.6 is 0 Å². The molecule has 0 amide bonds. The molecule has 0 spiro atoms. The lowest BCUT2D eigenvalue weighted by atomic mass is 10.1.